The molecule has 0 aromatic carbocycles. The van der Waals surface area contributed by atoms with Crippen LogP contribution in [-0.2, 0) is 14.3 Å². The standard InChI is InChI=1S/C14H27N3O3/c1-4-16-13(18)12-9-20-6-5-17(12)14(19)11(8-15)7-10(2)3/h10-12H,4-9,15H2,1-3H3,(H,16,18). The van der Waals surface area contributed by atoms with Crippen molar-refractivity contribution in [3.05, 3.63) is 0 Å². The summed E-state index contributed by atoms with van der Waals surface area (Å²) < 4.78 is 5.34. The van der Waals surface area contributed by atoms with E-state index in [1.807, 2.05) is 6.92 Å². The minimum absolute atomic E-state index is 0.0271. The van der Waals surface area contributed by atoms with Gasteiger partial charge in [0.2, 0.25) is 11.8 Å². The average molecular weight is 285 g/mol. The third kappa shape index (κ3) is 4.45. The van der Waals surface area contributed by atoms with Gasteiger partial charge in [-0.1, -0.05) is 13.8 Å². The minimum Gasteiger partial charge on any atom is -0.377 e. The SMILES string of the molecule is CCNC(=O)C1COCCN1C(=O)C(CN)CC(C)C. The molecule has 1 saturated heterocycles. The van der Waals surface area contributed by atoms with Crippen LogP contribution in [0.1, 0.15) is 27.2 Å². The van der Waals surface area contributed by atoms with Crippen LogP contribution in [-0.4, -0.2) is 55.6 Å². The summed E-state index contributed by atoms with van der Waals surface area (Å²) in [6.45, 7) is 8.04. The first-order valence-corrected chi connectivity index (χ1v) is 7.37. The maximum atomic E-state index is 12.6. The van der Waals surface area contributed by atoms with Gasteiger partial charge in [0.05, 0.1) is 19.1 Å². The van der Waals surface area contributed by atoms with Gasteiger partial charge < -0.3 is 20.7 Å². The van der Waals surface area contributed by atoms with E-state index >= 15 is 0 Å². The molecule has 0 spiro atoms. The zero-order chi connectivity index (χ0) is 15.1. The lowest BCUT2D eigenvalue weighted by molar-refractivity contribution is -0.151. The summed E-state index contributed by atoms with van der Waals surface area (Å²) >= 11 is 0. The quantitative estimate of drug-likeness (QED) is 0.718. The fourth-order valence-electron chi connectivity index (χ4n) is 2.48. The Kier molecular flexibility index (Phi) is 6.95. The van der Waals surface area contributed by atoms with Crippen molar-refractivity contribution in [2.75, 3.05) is 32.8 Å². The Labute approximate surface area is 121 Å². The van der Waals surface area contributed by atoms with Gasteiger partial charge in [0.15, 0.2) is 0 Å². The van der Waals surface area contributed by atoms with Crippen LogP contribution in [0.25, 0.3) is 0 Å². The highest BCUT2D eigenvalue weighted by atomic mass is 16.5. The molecule has 0 bridgehead atoms. The Morgan fingerprint density at radius 3 is 2.70 bits per heavy atom. The van der Waals surface area contributed by atoms with Gasteiger partial charge in [-0.25, -0.2) is 0 Å². The zero-order valence-corrected chi connectivity index (χ0v) is 12.7. The largest absolute Gasteiger partial charge is 0.377 e. The van der Waals surface area contributed by atoms with Crippen LogP contribution >= 0.6 is 0 Å². The molecular formula is C14H27N3O3. The van der Waals surface area contributed by atoms with E-state index in [1.165, 1.54) is 0 Å². The van der Waals surface area contributed by atoms with Crippen LogP contribution in [0.15, 0.2) is 0 Å². The second kappa shape index (κ2) is 8.21. The number of rotatable bonds is 6. The minimum atomic E-state index is -0.530. The van der Waals surface area contributed by atoms with E-state index in [4.69, 9.17) is 10.5 Å². The van der Waals surface area contributed by atoms with Crippen molar-refractivity contribution in [2.45, 2.75) is 33.2 Å². The van der Waals surface area contributed by atoms with E-state index in [2.05, 4.69) is 19.2 Å². The molecule has 2 atom stereocenters. The molecule has 2 amide bonds. The number of morpholine rings is 1. The molecular weight excluding hydrogens is 258 g/mol. The molecule has 0 aromatic rings. The summed E-state index contributed by atoms with van der Waals surface area (Å²) in [5.74, 6) is 0.00288. The van der Waals surface area contributed by atoms with Crippen LogP contribution < -0.4 is 11.1 Å². The summed E-state index contributed by atoms with van der Waals surface area (Å²) in [6.07, 6.45) is 0.745. The van der Waals surface area contributed by atoms with Crippen LogP contribution in [0.4, 0.5) is 0 Å². The maximum absolute atomic E-state index is 12.6. The van der Waals surface area contributed by atoms with Crippen molar-refractivity contribution < 1.29 is 14.3 Å². The Morgan fingerprint density at radius 1 is 1.45 bits per heavy atom. The van der Waals surface area contributed by atoms with Gasteiger partial charge in [-0.15, -0.1) is 0 Å². The predicted octanol–water partition coefficient (Wildman–Crippen LogP) is -0.0291. The molecule has 20 heavy (non-hydrogen) atoms. The van der Waals surface area contributed by atoms with Gasteiger partial charge in [0.1, 0.15) is 6.04 Å². The molecule has 116 valence electrons. The number of carbonyl (C=O) groups excluding carboxylic acids is 2. The molecule has 6 heteroatoms. The normalized spacial score (nSPS) is 20.9. The molecule has 1 heterocycles. The van der Waals surface area contributed by atoms with Gasteiger partial charge >= 0.3 is 0 Å². The molecule has 2 unspecified atom stereocenters. The molecule has 1 rings (SSSR count). The first-order chi connectivity index (χ1) is 9.51. The van der Waals surface area contributed by atoms with E-state index in [1.54, 1.807) is 4.90 Å². The predicted molar refractivity (Wildman–Crippen MR) is 77.0 cm³/mol. The van der Waals surface area contributed by atoms with Crippen molar-refractivity contribution in [1.29, 1.82) is 0 Å². The van der Waals surface area contributed by atoms with Crippen LogP contribution in [0.2, 0.25) is 0 Å². The van der Waals surface area contributed by atoms with Gasteiger partial charge in [-0.05, 0) is 19.3 Å². The smallest absolute Gasteiger partial charge is 0.245 e. The number of ether oxygens (including phenoxy) is 1. The molecule has 0 aliphatic carbocycles. The van der Waals surface area contributed by atoms with Gasteiger partial charge in [0.25, 0.3) is 0 Å². The Hall–Kier alpha value is -1.14. The van der Waals surface area contributed by atoms with Crippen molar-refractivity contribution in [2.24, 2.45) is 17.6 Å². The summed E-state index contributed by atoms with van der Waals surface area (Å²) in [7, 11) is 0. The third-order valence-electron chi connectivity index (χ3n) is 3.45. The monoisotopic (exact) mass is 285 g/mol. The van der Waals surface area contributed by atoms with Crippen LogP contribution in [0.5, 0.6) is 0 Å². The number of likely N-dealkylation sites (N-methyl/N-ethyl adjacent to an activating group) is 1. The molecule has 1 fully saturated rings. The number of hydrogen-bond acceptors (Lipinski definition) is 4. The second-order valence-corrected chi connectivity index (χ2v) is 5.58. The Morgan fingerprint density at radius 2 is 2.15 bits per heavy atom. The molecule has 3 N–H and O–H groups in total. The molecule has 0 aromatic heterocycles. The number of nitrogens with two attached hydrogens (primary N) is 1. The van der Waals surface area contributed by atoms with E-state index in [0.29, 0.717) is 32.2 Å². The maximum Gasteiger partial charge on any atom is 0.245 e. The summed E-state index contributed by atoms with van der Waals surface area (Å²) in [6, 6.07) is -0.530. The Bertz CT molecular complexity index is 334. The first kappa shape index (κ1) is 16.9. The Balaban J connectivity index is 2.77. The van der Waals surface area contributed by atoms with Gasteiger partial charge in [-0.3, -0.25) is 9.59 Å². The number of nitrogens with one attached hydrogen (secondary N) is 1. The van der Waals surface area contributed by atoms with Gasteiger partial charge in [0, 0.05) is 19.6 Å². The first-order valence-electron chi connectivity index (χ1n) is 7.37. The lowest BCUT2D eigenvalue weighted by atomic mass is 9.95. The molecule has 1 aliphatic heterocycles. The molecule has 0 saturated carbocycles. The molecule has 1 aliphatic rings. The fourth-order valence-corrected chi connectivity index (χ4v) is 2.48. The second-order valence-electron chi connectivity index (χ2n) is 5.58. The van der Waals surface area contributed by atoms with Crippen molar-refractivity contribution in [1.82, 2.24) is 10.2 Å². The lowest BCUT2D eigenvalue weighted by Gasteiger charge is -2.36. The van der Waals surface area contributed by atoms with Crippen molar-refractivity contribution in [3.63, 3.8) is 0 Å². The average Bonchev–Trinajstić information content (AvgIpc) is 2.44. The van der Waals surface area contributed by atoms with E-state index in [0.717, 1.165) is 6.42 Å². The highest BCUT2D eigenvalue weighted by Gasteiger charge is 2.35. The van der Waals surface area contributed by atoms with Crippen molar-refractivity contribution >= 4 is 11.8 Å². The highest BCUT2D eigenvalue weighted by molar-refractivity contribution is 5.89. The summed E-state index contributed by atoms with van der Waals surface area (Å²) in [5.41, 5.74) is 5.73. The van der Waals surface area contributed by atoms with E-state index < -0.39 is 6.04 Å². The summed E-state index contributed by atoms with van der Waals surface area (Å²) in [5, 5.41) is 2.75. The lowest BCUT2D eigenvalue weighted by Crippen LogP contribution is -2.57. The fraction of sp³-hybridized carbons (Fsp3) is 0.857. The molecule has 0 radical (unpaired) electrons. The van der Waals surface area contributed by atoms with Crippen molar-refractivity contribution in [3.8, 4) is 0 Å². The van der Waals surface area contributed by atoms with Gasteiger partial charge in [-0.2, -0.15) is 0 Å². The van der Waals surface area contributed by atoms with Crippen LogP contribution in [0.3, 0.4) is 0 Å². The zero-order valence-electron chi connectivity index (χ0n) is 12.7. The topological polar surface area (TPSA) is 84.7 Å². The van der Waals surface area contributed by atoms with Crippen LogP contribution in [0, 0.1) is 11.8 Å². The summed E-state index contributed by atoms with van der Waals surface area (Å²) in [4.78, 5) is 26.3. The number of nitrogens with zero attached hydrogens (tertiary/aromatic N) is 1. The molecule has 6 nitrogen and oxygen atoms in total. The third-order valence-corrected chi connectivity index (χ3v) is 3.45. The van der Waals surface area contributed by atoms with E-state index in [-0.39, 0.29) is 24.3 Å². The number of amides is 2. The number of carbonyl (C=O) groups is 2. The number of hydrogen-bond donors (Lipinski definition) is 2. The highest BCUT2D eigenvalue weighted by Crippen LogP contribution is 2.17. The van der Waals surface area contributed by atoms with E-state index in [9.17, 15) is 9.59 Å².